The Kier molecular flexibility index (Phi) is 6.10. The van der Waals surface area contributed by atoms with E-state index in [1.54, 1.807) is 17.7 Å². The van der Waals surface area contributed by atoms with Gasteiger partial charge in [0.1, 0.15) is 16.2 Å². The number of nitrogens with zero attached hydrogens (tertiary/aromatic N) is 4. The Morgan fingerprint density at radius 2 is 1.66 bits per heavy atom. The number of carbonyl (C=O) groups is 1. The van der Waals surface area contributed by atoms with Gasteiger partial charge in [-0.3, -0.25) is 4.79 Å². The third-order valence-electron chi connectivity index (χ3n) is 5.70. The summed E-state index contributed by atoms with van der Waals surface area (Å²) in [6.45, 7) is 5.18. The summed E-state index contributed by atoms with van der Waals surface area (Å²) in [6.07, 6.45) is 1.60. The zero-order valence-corrected chi connectivity index (χ0v) is 19.5. The van der Waals surface area contributed by atoms with Crippen LogP contribution in [0.1, 0.15) is 6.92 Å². The minimum atomic E-state index is -0.198. The molecule has 1 unspecified atom stereocenters. The Morgan fingerprint density at radius 3 is 2.38 bits per heavy atom. The lowest BCUT2D eigenvalue weighted by Crippen LogP contribution is -2.50. The molecule has 1 amide bonds. The van der Waals surface area contributed by atoms with Crippen LogP contribution in [0.5, 0.6) is 0 Å². The van der Waals surface area contributed by atoms with Crippen molar-refractivity contribution in [3.8, 4) is 10.4 Å². The van der Waals surface area contributed by atoms with Gasteiger partial charge in [0.05, 0.1) is 5.25 Å². The van der Waals surface area contributed by atoms with Crippen molar-refractivity contribution in [3.63, 3.8) is 0 Å². The highest BCUT2D eigenvalue weighted by Crippen LogP contribution is 2.37. The number of carbonyl (C=O) groups excluding carboxylic acids is 1. The quantitative estimate of drug-likeness (QED) is 0.303. The predicted molar refractivity (Wildman–Crippen MR) is 133 cm³/mol. The summed E-state index contributed by atoms with van der Waals surface area (Å²) in [5.74, 6) is 0.174. The third kappa shape index (κ3) is 4.36. The van der Waals surface area contributed by atoms with Crippen LogP contribution >= 0.6 is 23.1 Å². The first-order valence-electron chi connectivity index (χ1n) is 10.7. The summed E-state index contributed by atoms with van der Waals surface area (Å²) in [5, 5.41) is 1.70. The molecule has 0 saturated carbocycles. The lowest BCUT2D eigenvalue weighted by molar-refractivity contribution is -0.130. The average Bonchev–Trinajstić information content (AvgIpc) is 3.30. The molecular weight excluding hydrogens is 436 g/mol. The SMILES string of the molecule is CC(Sc1ncnc2sc(-c3ccccc3)cc12)C(=O)N1CCN(c2ccccc2)CC1. The van der Waals surface area contributed by atoms with Gasteiger partial charge in [0.25, 0.3) is 0 Å². The second-order valence-electron chi connectivity index (χ2n) is 7.78. The van der Waals surface area contributed by atoms with Gasteiger partial charge < -0.3 is 9.80 Å². The van der Waals surface area contributed by atoms with Crippen LogP contribution in [0.15, 0.2) is 78.1 Å². The summed E-state index contributed by atoms with van der Waals surface area (Å²) < 4.78 is 0. The second-order valence-corrected chi connectivity index (χ2v) is 10.1. The van der Waals surface area contributed by atoms with Gasteiger partial charge in [0.2, 0.25) is 5.91 Å². The maximum Gasteiger partial charge on any atom is 0.235 e. The van der Waals surface area contributed by atoms with Crippen molar-refractivity contribution < 1.29 is 4.79 Å². The highest BCUT2D eigenvalue weighted by Gasteiger charge is 2.26. The van der Waals surface area contributed by atoms with Crippen molar-refractivity contribution >= 4 is 44.9 Å². The van der Waals surface area contributed by atoms with Gasteiger partial charge in [0, 0.05) is 42.1 Å². The molecule has 0 spiro atoms. The van der Waals surface area contributed by atoms with Crippen molar-refractivity contribution in [2.75, 3.05) is 31.1 Å². The van der Waals surface area contributed by atoms with Crippen LogP contribution < -0.4 is 4.90 Å². The first kappa shape index (κ1) is 21.0. The highest BCUT2D eigenvalue weighted by atomic mass is 32.2. The Balaban J connectivity index is 1.27. The van der Waals surface area contributed by atoms with Gasteiger partial charge in [0.15, 0.2) is 0 Å². The van der Waals surface area contributed by atoms with E-state index in [9.17, 15) is 4.79 Å². The number of thioether (sulfide) groups is 1. The fourth-order valence-electron chi connectivity index (χ4n) is 3.97. The molecule has 5 nitrogen and oxygen atoms in total. The highest BCUT2D eigenvalue weighted by molar-refractivity contribution is 8.00. The first-order chi connectivity index (χ1) is 15.7. The van der Waals surface area contributed by atoms with Gasteiger partial charge >= 0.3 is 0 Å². The maximum atomic E-state index is 13.2. The van der Waals surface area contributed by atoms with Crippen molar-refractivity contribution in [1.29, 1.82) is 0 Å². The van der Waals surface area contributed by atoms with Gasteiger partial charge in [-0.25, -0.2) is 9.97 Å². The molecule has 32 heavy (non-hydrogen) atoms. The molecular formula is C25H24N4OS2. The Hall–Kier alpha value is -2.90. The lowest BCUT2D eigenvalue weighted by Gasteiger charge is -2.37. The second kappa shape index (κ2) is 9.30. The summed E-state index contributed by atoms with van der Waals surface area (Å²) >= 11 is 3.19. The van der Waals surface area contributed by atoms with E-state index in [1.807, 2.05) is 36.1 Å². The van der Waals surface area contributed by atoms with E-state index in [2.05, 4.69) is 57.3 Å². The minimum absolute atomic E-state index is 0.174. The number of hydrogen-bond donors (Lipinski definition) is 0. The topological polar surface area (TPSA) is 49.3 Å². The number of thiophene rings is 1. The predicted octanol–water partition coefficient (Wildman–Crippen LogP) is 5.19. The van der Waals surface area contributed by atoms with E-state index < -0.39 is 0 Å². The van der Waals surface area contributed by atoms with Crippen LogP contribution in [0.3, 0.4) is 0 Å². The van der Waals surface area contributed by atoms with Crippen LogP contribution in [-0.2, 0) is 4.79 Å². The normalized spacial score (nSPS) is 15.2. The third-order valence-corrected chi connectivity index (χ3v) is 7.90. The van der Waals surface area contributed by atoms with E-state index in [1.165, 1.54) is 27.9 Å². The smallest absolute Gasteiger partial charge is 0.235 e. The van der Waals surface area contributed by atoms with E-state index in [0.717, 1.165) is 41.4 Å². The number of para-hydroxylation sites is 1. The molecule has 0 radical (unpaired) electrons. The van der Waals surface area contributed by atoms with Crippen molar-refractivity contribution in [3.05, 3.63) is 73.1 Å². The van der Waals surface area contributed by atoms with Gasteiger partial charge in [-0.05, 0) is 30.7 Å². The van der Waals surface area contributed by atoms with Crippen LogP contribution in [-0.4, -0.2) is 52.2 Å². The lowest BCUT2D eigenvalue weighted by atomic mass is 10.2. The Morgan fingerprint density at radius 1 is 0.969 bits per heavy atom. The fourth-order valence-corrected chi connectivity index (χ4v) is 6.02. The number of rotatable bonds is 5. The monoisotopic (exact) mass is 460 g/mol. The summed E-state index contributed by atoms with van der Waals surface area (Å²) in [7, 11) is 0. The number of benzene rings is 2. The molecule has 3 heterocycles. The Labute approximate surface area is 196 Å². The Bertz CT molecular complexity index is 1200. The van der Waals surface area contributed by atoms with E-state index in [-0.39, 0.29) is 11.2 Å². The molecule has 1 aliphatic rings. The van der Waals surface area contributed by atoms with E-state index in [4.69, 9.17) is 0 Å². The van der Waals surface area contributed by atoms with Gasteiger partial charge in [-0.1, -0.05) is 60.3 Å². The molecule has 1 aliphatic heterocycles. The zero-order chi connectivity index (χ0) is 21.9. The molecule has 0 N–H and O–H groups in total. The fraction of sp³-hybridized carbons (Fsp3) is 0.240. The van der Waals surface area contributed by atoms with Gasteiger partial charge in [-0.2, -0.15) is 0 Å². The number of amides is 1. The number of fused-ring (bicyclic) bond motifs is 1. The first-order valence-corrected chi connectivity index (χ1v) is 12.4. The number of hydrogen-bond acceptors (Lipinski definition) is 6. The van der Waals surface area contributed by atoms with Crippen molar-refractivity contribution in [2.45, 2.75) is 17.2 Å². The standard InChI is InChI=1S/C25H24N4OS2/c1-18(25(30)29-14-12-28(13-15-29)20-10-6-3-7-11-20)31-23-21-16-22(19-8-4-2-5-9-19)32-24(21)27-17-26-23/h2-11,16-18H,12-15H2,1H3. The van der Waals surface area contributed by atoms with E-state index >= 15 is 0 Å². The van der Waals surface area contributed by atoms with Crippen LogP contribution in [0.4, 0.5) is 5.69 Å². The molecule has 0 aliphatic carbocycles. The van der Waals surface area contributed by atoms with Crippen LogP contribution in [0.2, 0.25) is 0 Å². The number of piperazine rings is 1. The molecule has 1 fully saturated rings. The van der Waals surface area contributed by atoms with E-state index in [0.29, 0.717) is 0 Å². The molecule has 5 rings (SSSR count). The van der Waals surface area contributed by atoms with Crippen LogP contribution in [0.25, 0.3) is 20.7 Å². The molecule has 1 atom stereocenters. The maximum absolute atomic E-state index is 13.2. The van der Waals surface area contributed by atoms with Crippen molar-refractivity contribution in [1.82, 2.24) is 14.9 Å². The van der Waals surface area contributed by atoms with Crippen LogP contribution in [0, 0.1) is 0 Å². The zero-order valence-electron chi connectivity index (χ0n) is 17.8. The summed E-state index contributed by atoms with van der Waals surface area (Å²) in [4.78, 5) is 28.6. The molecule has 2 aromatic carbocycles. The molecule has 0 bridgehead atoms. The summed E-state index contributed by atoms with van der Waals surface area (Å²) in [5.41, 5.74) is 2.39. The molecule has 1 saturated heterocycles. The molecule has 7 heteroatoms. The summed E-state index contributed by atoms with van der Waals surface area (Å²) in [6, 6.07) is 22.9. The largest absolute Gasteiger partial charge is 0.368 e. The number of anilines is 1. The van der Waals surface area contributed by atoms with Crippen molar-refractivity contribution in [2.24, 2.45) is 0 Å². The van der Waals surface area contributed by atoms with Gasteiger partial charge in [-0.15, -0.1) is 11.3 Å². The molecule has 162 valence electrons. The molecule has 2 aromatic heterocycles. The average molecular weight is 461 g/mol. The minimum Gasteiger partial charge on any atom is -0.368 e. The number of aromatic nitrogens is 2. The molecule has 4 aromatic rings.